The van der Waals surface area contributed by atoms with Crippen LogP contribution in [0.25, 0.3) is 0 Å². The summed E-state index contributed by atoms with van der Waals surface area (Å²) in [4.78, 5) is 11.8. The standard InChI is InChI=1S/C13H16ClN5O/c1-15-8-10-9-19(18-17-10)7-6-13(20)16-12-5-3-2-4-11(12)14/h2-5,9,15H,6-8H2,1H3,(H,16,20). The van der Waals surface area contributed by atoms with Crippen LogP contribution in [-0.4, -0.2) is 27.9 Å². The van der Waals surface area contributed by atoms with Gasteiger partial charge in [0.15, 0.2) is 0 Å². The highest BCUT2D eigenvalue weighted by Crippen LogP contribution is 2.20. The Morgan fingerprint density at radius 1 is 1.40 bits per heavy atom. The molecule has 1 amide bonds. The summed E-state index contributed by atoms with van der Waals surface area (Å²) < 4.78 is 1.65. The molecule has 1 heterocycles. The molecule has 1 aromatic heterocycles. The Balaban J connectivity index is 1.84. The van der Waals surface area contributed by atoms with Gasteiger partial charge in [-0.05, 0) is 19.2 Å². The molecule has 0 aliphatic rings. The number of rotatable bonds is 6. The van der Waals surface area contributed by atoms with Crippen molar-refractivity contribution in [1.29, 1.82) is 0 Å². The maximum Gasteiger partial charge on any atom is 0.226 e. The Kier molecular flexibility index (Phi) is 5.09. The largest absolute Gasteiger partial charge is 0.325 e. The van der Waals surface area contributed by atoms with Gasteiger partial charge in [0.2, 0.25) is 5.91 Å². The summed E-state index contributed by atoms with van der Waals surface area (Å²) in [6.45, 7) is 1.14. The van der Waals surface area contributed by atoms with Crippen LogP contribution in [0.4, 0.5) is 5.69 Å². The lowest BCUT2D eigenvalue weighted by atomic mass is 10.3. The third-order valence-electron chi connectivity index (χ3n) is 2.66. The normalized spacial score (nSPS) is 10.5. The highest BCUT2D eigenvalue weighted by molar-refractivity contribution is 6.33. The number of nitrogens with one attached hydrogen (secondary N) is 2. The molecule has 0 atom stereocenters. The molecule has 2 rings (SSSR count). The van der Waals surface area contributed by atoms with Crippen LogP contribution in [0.1, 0.15) is 12.1 Å². The Morgan fingerprint density at radius 2 is 2.20 bits per heavy atom. The van der Waals surface area contributed by atoms with E-state index in [1.165, 1.54) is 0 Å². The second-order valence-corrected chi connectivity index (χ2v) is 4.69. The predicted octanol–water partition coefficient (Wildman–Crippen LogP) is 1.68. The van der Waals surface area contributed by atoms with Crippen LogP contribution in [-0.2, 0) is 17.9 Å². The smallest absolute Gasteiger partial charge is 0.226 e. The predicted molar refractivity (Wildman–Crippen MR) is 77.5 cm³/mol. The summed E-state index contributed by atoms with van der Waals surface area (Å²) in [6.07, 6.45) is 2.13. The van der Waals surface area contributed by atoms with Gasteiger partial charge >= 0.3 is 0 Å². The van der Waals surface area contributed by atoms with E-state index in [-0.39, 0.29) is 5.91 Å². The molecule has 0 bridgehead atoms. The van der Waals surface area contributed by atoms with Crippen LogP contribution in [0, 0.1) is 0 Å². The highest BCUT2D eigenvalue weighted by Gasteiger charge is 2.06. The minimum Gasteiger partial charge on any atom is -0.325 e. The zero-order chi connectivity index (χ0) is 14.4. The zero-order valence-corrected chi connectivity index (χ0v) is 11.9. The maximum atomic E-state index is 11.8. The molecule has 0 saturated carbocycles. The van der Waals surface area contributed by atoms with Gasteiger partial charge in [0.25, 0.3) is 0 Å². The van der Waals surface area contributed by atoms with Crippen LogP contribution in [0.15, 0.2) is 30.5 Å². The van der Waals surface area contributed by atoms with Crippen molar-refractivity contribution in [1.82, 2.24) is 20.3 Å². The summed E-state index contributed by atoms with van der Waals surface area (Å²) >= 11 is 5.97. The number of carbonyl (C=O) groups excluding carboxylic acids is 1. The first kappa shape index (κ1) is 14.5. The molecule has 2 N–H and O–H groups in total. The number of benzene rings is 1. The fourth-order valence-electron chi connectivity index (χ4n) is 1.70. The molecule has 20 heavy (non-hydrogen) atoms. The topological polar surface area (TPSA) is 71.8 Å². The lowest BCUT2D eigenvalue weighted by molar-refractivity contribution is -0.116. The molecule has 1 aromatic carbocycles. The monoisotopic (exact) mass is 293 g/mol. The molecule has 0 fully saturated rings. The second-order valence-electron chi connectivity index (χ2n) is 4.28. The van der Waals surface area contributed by atoms with Crippen LogP contribution < -0.4 is 10.6 Å². The SMILES string of the molecule is CNCc1cn(CCC(=O)Nc2ccccc2Cl)nn1. The quantitative estimate of drug-likeness (QED) is 0.850. The summed E-state index contributed by atoms with van der Waals surface area (Å²) in [7, 11) is 1.84. The molecule has 7 heteroatoms. The van der Waals surface area contributed by atoms with Crippen molar-refractivity contribution in [3.05, 3.63) is 41.2 Å². The third-order valence-corrected chi connectivity index (χ3v) is 2.99. The van der Waals surface area contributed by atoms with Crippen LogP contribution in [0.3, 0.4) is 0 Å². The summed E-state index contributed by atoms with van der Waals surface area (Å²) in [5, 5.41) is 14.2. The minimum absolute atomic E-state index is 0.108. The summed E-state index contributed by atoms with van der Waals surface area (Å²) in [6, 6.07) is 7.14. The molecule has 106 valence electrons. The third kappa shape index (κ3) is 4.04. The van der Waals surface area contributed by atoms with E-state index in [1.54, 1.807) is 16.8 Å². The van der Waals surface area contributed by atoms with Crippen molar-refractivity contribution in [2.45, 2.75) is 19.5 Å². The van der Waals surface area contributed by atoms with Crippen LogP contribution in [0.5, 0.6) is 0 Å². The van der Waals surface area contributed by atoms with Crippen molar-refractivity contribution in [2.24, 2.45) is 0 Å². The van der Waals surface area contributed by atoms with Gasteiger partial charge in [-0.15, -0.1) is 5.10 Å². The Hall–Kier alpha value is -1.92. The van der Waals surface area contributed by atoms with E-state index in [9.17, 15) is 4.79 Å². The van der Waals surface area contributed by atoms with Crippen molar-refractivity contribution in [2.75, 3.05) is 12.4 Å². The van der Waals surface area contributed by atoms with E-state index in [4.69, 9.17) is 11.6 Å². The van der Waals surface area contributed by atoms with E-state index >= 15 is 0 Å². The van der Waals surface area contributed by atoms with Crippen molar-refractivity contribution >= 4 is 23.2 Å². The number of para-hydroxylation sites is 1. The van der Waals surface area contributed by atoms with Gasteiger partial charge in [0.1, 0.15) is 0 Å². The lowest BCUT2D eigenvalue weighted by Crippen LogP contribution is -2.15. The molecule has 0 aliphatic carbocycles. The van der Waals surface area contributed by atoms with Gasteiger partial charge in [-0.1, -0.05) is 28.9 Å². The number of carbonyl (C=O) groups is 1. The second kappa shape index (κ2) is 7.02. The Bertz CT molecular complexity index is 584. The highest BCUT2D eigenvalue weighted by atomic mass is 35.5. The molecule has 0 radical (unpaired) electrons. The number of hydrogen-bond donors (Lipinski definition) is 2. The first-order valence-corrected chi connectivity index (χ1v) is 6.65. The van der Waals surface area contributed by atoms with Crippen molar-refractivity contribution < 1.29 is 4.79 Å². The lowest BCUT2D eigenvalue weighted by Gasteiger charge is -2.06. The van der Waals surface area contributed by atoms with E-state index in [0.717, 1.165) is 5.69 Å². The maximum absolute atomic E-state index is 11.8. The molecular formula is C13H16ClN5O. The minimum atomic E-state index is -0.108. The molecule has 0 aliphatic heterocycles. The number of nitrogens with zero attached hydrogens (tertiary/aromatic N) is 3. The van der Waals surface area contributed by atoms with Gasteiger partial charge in [-0.2, -0.15) is 0 Å². The zero-order valence-electron chi connectivity index (χ0n) is 11.1. The average molecular weight is 294 g/mol. The first-order chi connectivity index (χ1) is 9.69. The Labute approximate surface area is 122 Å². The number of aromatic nitrogens is 3. The number of aryl methyl sites for hydroxylation is 1. The molecule has 0 saturated heterocycles. The fraction of sp³-hybridized carbons (Fsp3) is 0.308. The van der Waals surface area contributed by atoms with Gasteiger partial charge in [0, 0.05) is 19.2 Å². The van der Waals surface area contributed by atoms with Gasteiger partial charge in [0.05, 0.1) is 22.9 Å². The summed E-state index contributed by atoms with van der Waals surface area (Å²) in [5.41, 5.74) is 1.47. The number of anilines is 1. The van der Waals surface area contributed by atoms with Crippen LogP contribution in [0.2, 0.25) is 5.02 Å². The number of hydrogen-bond acceptors (Lipinski definition) is 4. The van der Waals surface area contributed by atoms with Gasteiger partial charge < -0.3 is 10.6 Å². The molecule has 0 spiro atoms. The first-order valence-electron chi connectivity index (χ1n) is 6.27. The van der Waals surface area contributed by atoms with Gasteiger partial charge in [-0.3, -0.25) is 9.48 Å². The van der Waals surface area contributed by atoms with E-state index < -0.39 is 0 Å². The summed E-state index contributed by atoms with van der Waals surface area (Å²) in [5.74, 6) is -0.108. The molecule has 2 aromatic rings. The van der Waals surface area contributed by atoms with E-state index in [1.807, 2.05) is 25.4 Å². The number of amides is 1. The Morgan fingerprint density at radius 3 is 2.95 bits per heavy atom. The van der Waals surface area contributed by atoms with Crippen LogP contribution >= 0.6 is 11.6 Å². The van der Waals surface area contributed by atoms with Crippen molar-refractivity contribution in [3.63, 3.8) is 0 Å². The fourth-order valence-corrected chi connectivity index (χ4v) is 1.88. The van der Waals surface area contributed by atoms with E-state index in [0.29, 0.717) is 30.2 Å². The molecular weight excluding hydrogens is 278 g/mol. The number of halogens is 1. The van der Waals surface area contributed by atoms with Crippen molar-refractivity contribution in [3.8, 4) is 0 Å². The molecule has 0 unspecified atom stereocenters. The molecule has 6 nitrogen and oxygen atoms in total. The van der Waals surface area contributed by atoms with Gasteiger partial charge in [-0.25, -0.2) is 0 Å². The van der Waals surface area contributed by atoms with E-state index in [2.05, 4.69) is 20.9 Å². The average Bonchev–Trinajstić information content (AvgIpc) is 2.87.